The molecular weight excluding hydrogens is 340 g/mol. The molecule has 3 aromatic rings. The fourth-order valence-electron chi connectivity index (χ4n) is 3.77. The maximum Gasteiger partial charge on any atom is 0.274 e. The molecule has 7 heteroatoms. The molecule has 7 nitrogen and oxygen atoms in total. The van der Waals surface area contributed by atoms with Crippen LogP contribution in [-0.4, -0.2) is 42.4 Å². The second-order valence-corrected chi connectivity index (χ2v) is 7.35. The molecule has 0 radical (unpaired) electrons. The van der Waals surface area contributed by atoms with Gasteiger partial charge in [-0.15, -0.1) is 10.2 Å². The van der Waals surface area contributed by atoms with Crippen LogP contribution in [0, 0.1) is 13.8 Å². The third-order valence-electron chi connectivity index (χ3n) is 5.24. The van der Waals surface area contributed by atoms with Gasteiger partial charge >= 0.3 is 0 Å². The predicted octanol–water partition coefficient (Wildman–Crippen LogP) is 2.38. The van der Waals surface area contributed by atoms with Crippen molar-refractivity contribution < 1.29 is 4.79 Å². The molecule has 0 spiro atoms. The number of benzene rings is 1. The quantitative estimate of drug-likeness (QED) is 0.713. The summed E-state index contributed by atoms with van der Waals surface area (Å²) in [5.74, 6) is 0.677. The monoisotopic (exact) mass is 364 g/mol. The largest absolute Gasteiger partial charge is 0.333 e. The van der Waals surface area contributed by atoms with E-state index < -0.39 is 0 Å². The minimum absolute atomic E-state index is 0.0698. The number of carbonyl (C=O) groups excluding carboxylic acids is 1. The molecule has 27 heavy (non-hydrogen) atoms. The second-order valence-electron chi connectivity index (χ2n) is 7.35. The molecular formula is C20H24N6O. The van der Waals surface area contributed by atoms with Gasteiger partial charge in [0, 0.05) is 25.4 Å². The second kappa shape index (κ2) is 6.64. The summed E-state index contributed by atoms with van der Waals surface area (Å²) in [6.07, 6.45) is 4.56. The number of fused-ring (bicyclic) bond motifs is 1. The number of hydrogen-bond donors (Lipinski definition) is 0. The highest BCUT2D eigenvalue weighted by Crippen LogP contribution is 2.29. The number of aromatic nitrogens is 5. The number of aryl methyl sites for hydroxylation is 3. The van der Waals surface area contributed by atoms with Crippen molar-refractivity contribution in [1.29, 1.82) is 0 Å². The van der Waals surface area contributed by atoms with Crippen molar-refractivity contribution in [3.8, 4) is 5.69 Å². The van der Waals surface area contributed by atoms with Gasteiger partial charge in [-0.25, -0.2) is 4.68 Å². The molecule has 0 saturated heterocycles. The Bertz CT molecular complexity index is 1020. The number of rotatable bonds is 4. The zero-order valence-corrected chi connectivity index (χ0v) is 16.2. The first-order valence-electron chi connectivity index (χ1n) is 9.22. The average molecular weight is 364 g/mol. The first-order chi connectivity index (χ1) is 13.0. The van der Waals surface area contributed by atoms with E-state index in [0.717, 1.165) is 42.0 Å². The molecule has 0 fully saturated rings. The van der Waals surface area contributed by atoms with Gasteiger partial charge in [0.25, 0.3) is 5.91 Å². The molecule has 0 bridgehead atoms. The Hall–Kier alpha value is -2.96. The van der Waals surface area contributed by atoms with Gasteiger partial charge in [-0.1, -0.05) is 17.7 Å². The molecule has 1 aromatic carbocycles. The van der Waals surface area contributed by atoms with Gasteiger partial charge in [0.05, 0.1) is 12.2 Å². The zero-order valence-electron chi connectivity index (χ0n) is 16.2. The predicted molar refractivity (Wildman–Crippen MR) is 102 cm³/mol. The summed E-state index contributed by atoms with van der Waals surface area (Å²) in [6, 6.07) is 6.33. The van der Waals surface area contributed by atoms with Crippen LogP contribution in [0.15, 0.2) is 24.5 Å². The molecule has 2 heterocycles. The van der Waals surface area contributed by atoms with Crippen LogP contribution >= 0.6 is 0 Å². The summed E-state index contributed by atoms with van der Waals surface area (Å²) in [6.45, 7) is 4.58. The maximum atomic E-state index is 13.1. The molecule has 4 rings (SSSR count). The van der Waals surface area contributed by atoms with E-state index in [0.29, 0.717) is 12.2 Å². The van der Waals surface area contributed by atoms with E-state index in [4.69, 9.17) is 5.10 Å². The molecule has 1 amide bonds. The molecule has 0 unspecified atom stereocenters. The van der Waals surface area contributed by atoms with Gasteiger partial charge in [0.15, 0.2) is 11.5 Å². The van der Waals surface area contributed by atoms with Gasteiger partial charge in [-0.05, 0) is 44.7 Å². The molecule has 2 aromatic heterocycles. The topological polar surface area (TPSA) is 68.8 Å². The Balaban J connectivity index is 1.69. The van der Waals surface area contributed by atoms with E-state index in [1.807, 2.05) is 16.3 Å². The Morgan fingerprint density at radius 3 is 2.78 bits per heavy atom. The summed E-state index contributed by atoms with van der Waals surface area (Å²) in [5.41, 5.74) is 6.25. The highest BCUT2D eigenvalue weighted by atomic mass is 16.2. The molecule has 0 atom stereocenters. The number of hydrogen-bond acceptors (Lipinski definition) is 4. The Morgan fingerprint density at radius 2 is 2.07 bits per heavy atom. The SMILES string of the molecule is Cc1ccc(-n2nc(C(=O)N(C)Cc3nncn3C)c3c2CCC3)c(C)c1. The van der Waals surface area contributed by atoms with Crippen molar-refractivity contribution in [2.45, 2.75) is 39.7 Å². The molecule has 1 aliphatic carbocycles. The van der Waals surface area contributed by atoms with E-state index in [-0.39, 0.29) is 5.91 Å². The summed E-state index contributed by atoms with van der Waals surface area (Å²) in [5, 5.41) is 12.7. The summed E-state index contributed by atoms with van der Waals surface area (Å²) in [4.78, 5) is 14.8. The lowest BCUT2D eigenvalue weighted by Gasteiger charge is -2.15. The highest BCUT2D eigenvalue weighted by Gasteiger charge is 2.29. The zero-order chi connectivity index (χ0) is 19.1. The van der Waals surface area contributed by atoms with Crippen molar-refractivity contribution in [3.63, 3.8) is 0 Å². The van der Waals surface area contributed by atoms with Crippen molar-refractivity contribution in [2.24, 2.45) is 7.05 Å². The maximum absolute atomic E-state index is 13.1. The van der Waals surface area contributed by atoms with Crippen LogP contribution < -0.4 is 0 Å². The van der Waals surface area contributed by atoms with Gasteiger partial charge < -0.3 is 9.47 Å². The fraction of sp³-hybridized carbons (Fsp3) is 0.400. The van der Waals surface area contributed by atoms with Crippen molar-refractivity contribution in [2.75, 3.05) is 7.05 Å². The standard InChI is InChI=1S/C20H24N6O/c1-13-8-9-16(14(2)10-13)26-17-7-5-6-15(17)19(23-26)20(27)24(3)11-18-22-21-12-25(18)4/h8-10,12H,5-7,11H2,1-4H3. The summed E-state index contributed by atoms with van der Waals surface area (Å²) < 4.78 is 3.79. The summed E-state index contributed by atoms with van der Waals surface area (Å²) >= 11 is 0. The van der Waals surface area contributed by atoms with Gasteiger partial charge in [-0.2, -0.15) is 5.10 Å². The van der Waals surface area contributed by atoms with E-state index >= 15 is 0 Å². The highest BCUT2D eigenvalue weighted by molar-refractivity contribution is 5.94. The smallest absolute Gasteiger partial charge is 0.274 e. The van der Waals surface area contributed by atoms with Crippen LogP contribution in [0.25, 0.3) is 5.69 Å². The number of carbonyl (C=O) groups is 1. The molecule has 140 valence electrons. The Labute approximate surface area is 158 Å². The van der Waals surface area contributed by atoms with Gasteiger partial charge in [0.2, 0.25) is 0 Å². The van der Waals surface area contributed by atoms with E-state index in [1.54, 1.807) is 18.3 Å². The van der Waals surface area contributed by atoms with E-state index in [2.05, 4.69) is 42.2 Å². The molecule has 0 saturated carbocycles. The van der Waals surface area contributed by atoms with Crippen molar-refractivity contribution in [1.82, 2.24) is 29.4 Å². The van der Waals surface area contributed by atoms with E-state index in [1.165, 1.54) is 11.1 Å². The van der Waals surface area contributed by atoms with E-state index in [9.17, 15) is 4.79 Å². The average Bonchev–Trinajstić information content (AvgIpc) is 3.32. The van der Waals surface area contributed by atoms with Crippen LogP contribution in [-0.2, 0) is 26.4 Å². The Kier molecular flexibility index (Phi) is 4.30. The lowest BCUT2D eigenvalue weighted by Crippen LogP contribution is -2.28. The van der Waals surface area contributed by atoms with Crippen LogP contribution in [0.2, 0.25) is 0 Å². The minimum atomic E-state index is -0.0698. The normalized spacial score (nSPS) is 13.0. The molecule has 0 N–H and O–H groups in total. The summed E-state index contributed by atoms with van der Waals surface area (Å²) in [7, 11) is 3.66. The van der Waals surface area contributed by atoms with Crippen LogP contribution in [0.3, 0.4) is 0 Å². The third kappa shape index (κ3) is 3.03. The van der Waals surface area contributed by atoms with Gasteiger partial charge in [0.1, 0.15) is 6.33 Å². The minimum Gasteiger partial charge on any atom is -0.333 e. The molecule has 1 aliphatic rings. The number of nitrogens with zero attached hydrogens (tertiary/aromatic N) is 6. The Morgan fingerprint density at radius 1 is 1.26 bits per heavy atom. The van der Waals surface area contributed by atoms with Crippen LogP contribution in [0.4, 0.5) is 0 Å². The number of amides is 1. The van der Waals surface area contributed by atoms with Crippen LogP contribution in [0.1, 0.15) is 45.1 Å². The van der Waals surface area contributed by atoms with Gasteiger partial charge in [-0.3, -0.25) is 4.79 Å². The fourth-order valence-corrected chi connectivity index (χ4v) is 3.77. The molecule has 0 aliphatic heterocycles. The van der Waals surface area contributed by atoms with Crippen molar-refractivity contribution in [3.05, 3.63) is 58.4 Å². The van der Waals surface area contributed by atoms with Crippen molar-refractivity contribution >= 4 is 5.91 Å². The lowest BCUT2D eigenvalue weighted by atomic mass is 10.1. The van der Waals surface area contributed by atoms with Crippen LogP contribution in [0.5, 0.6) is 0 Å². The first kappa shape index (κ1) is 17.5. The lowest BCUT2D eigenvalue weighted by molar-refractivity contribution is 0.0773. The third-order valence-corrected chi connectivity index (χ3v) is 5.24. The first-order valence-corrected chi connectivity index (χ1v) is 9.22.